The van der Waals surface area contributed by atoms with Crippen LogP contribution in [0.25, 0.3) is 0 Å². The van der Waals surface area contributed by atoms with Crippen LogP contribution in [0.5, 0.6) is 0 Å². The van der Waals surface area contributed by atoms with Gasteiger partial charge in [0.15, 0.2) is 0 Å². The van der Waals surface area contributed by atoms with Gasteiger partial charge in [0, 0.05) is 6.42 Å². The topological polar surface area (TPSA) is 17.1 Å². The minimum absolute atomic E-state index is 0.310. The Kier molecular flexibility index (Phi) is 2.17. The fraction of sp³-hybridized carbons (Fsp3) is 0.417. The molecule has 0 heterocycles. The van der Waals surface area contributed by atoms with Crippen molar-refractivity contribution in [1.29, 1.82) is 0 Å². The summed E-state index contributed by atoms with van der Waals surface area (Å²) in [5, 5.41) is 0. The number of carbonyl (C=O) groups excluding carboxylic acids is 1. The van der Waals surface area contributed by atoms with Gasteiger partial charge in [-0.3, -0.25) is 0 Å². The zero-order valence-electron chi connectivity index (χ0n) is 7.92. The Bertz CT molecular complexity index is 328. The monoisotopic (exact) mass is 174 g/mol. The quantitative estimate of drug-likeness (QED) is 0.688. The van der Waals surface area contributed by atoms with E-state index in [4.69, 9.17) is 0 Å². The van der Waals surface area contributed by atoms with E-state index < -0.39 is 0 Å². The van der Waals surface area contributed by atoms with E-state index in [-0.39, 0.29) is 0 Å². The highest BCUT2D eigenvalue weighted by atomic mass is 16.1. The Morgan fingerprint density at radius 2 is 2.23 bits per heavy atom. The summed E-state index contributed by atoms with van der Waals surface area (Å²) in [5.41, 5.74) is 2.93. The van der Waals surface area contributed by atoms with Crippen molar-refractivity contribution in [3.63, 3.8) is 0 Å². The molecule has 0 fully saturated rings. The maximum absolute atomic E-state index is 10.8. The van der Waals surface area contributed by atoms with Crippen LogP contribution < -0.4 is 0 Å². The van der Waals surface area contributed by atoms with Gasteiger partial charge in [0.2, 0.25) is 0 Å². The van der Waals surface area contributed by atoms with Crippen molar-refractivity contribution >= 4 is 5.78 Å². The SMILES string of the molecule is CC(=O)CCC1Cc2ccccc21. The van der Waals surface area contributed by atoms with Crippen molar-refractivity contribution in [3.8, 4) is 0 Å². The number of hydrogen-bond donors (Lipinski definition) is 0. The molecule has 13 heavy (non-hydrogen) atoms. The third-order valence-corrected chi connectivity index (χ3v) is 2.81. The second kappa shape index (κ2) is 3.33. The van der Waals surface area contributed by atoms with Crippen LogP contribution in [-0.2, 0) is 11.2 Å². The van der Waals surface area contributed by atoms with E-state index >= 15 is 0 Å². The van der Waals surface area contributed by atoms with Gasteiger partial charge in [-0.15, -0.1) is 0 Å². The lowest BCUT2D eigenvalue weighted by Gasteiger charge is -2.29. The highest BCUT2D eigenvalue weighted by Gasteiger charge is 2.24. The first kappa shape index (κ1) is 8.49. The molecule has 0 bridgehead atoms. The van der Waals surface area contributed by atoms with Crippen molar-refractivity contribution < 1.29 is 4.79 Å². The summed E-state index contributed by atoms with van der Waals surface area (Å²) < 4.78 is 0. The molecule has 0 N–H and O–H groups in total. The fourth-order valence-electron chi connectivity index (χ4n) is 2.00. The molecule has 0 aliphatic heterocycles. The lowest BCUT2D eigenvalue weighted by atomic mass is 9.75. The summed E-state index contributed by atoms with van der Waals surface area (Å²) in [6.45, 7) is 1.67. The van der Waals surface area contributed by atoms with E-state index in [1.54, 1.807) is 6.92 Å². The standard InChI is InChI=1S/C12H14O/c1-9(13)6-7-11-8-10-4-2-3-5-12(10)11/h2-5,11H,6-8H2,1H3. The van der Waals surface area contributed by atoms with E-state index in [0.717, 1.165) is 12.8 Å². The van der Waals surface area contributed by atoms with Crippen molar-refractivity contribution in [2.75, 3.05) is 0 Å². The van der Waals surface area contributed by atoms with Crippen LogP contribution >= 0.6 is 0 Å². The minimum atomic E-state index is 0.310. The lowest BCUT2D eigenvalue weighted by molar-refractivity contribution is -0.117. The molecular formula is C12H14O. The Balaban J connectivity index is 1.98. The van der Waals surface area contributed by atoms with Gasteiger partial charge in [-0.1, -0.05) is 24.3 Å². The first-order valence-electron chi connectivity index (χ1n) is 4.84. The molecule has 1 aliphatic rings. The maximum atomic E-state index is 10.8. The molecule has 0 amide bonds. The Labute approximate surface area is 78.8 Å². The van der Waals surface area contributed by atoms with Crippen LogP contribution in [0.2, 0.25) is 0 Å². The van der Waals surface area contributed by atoms with Gasteiger partial charge in [-0.05, 0) is 36.8 Å². The second-order valence-corrected chi connectivity index (χ2v) is 3.84. The number of ketones is 1. The molecule has 0 saturated carbocycles. The molecule has 0 aromatic heterocycles. The summed E-state index contributed by atoms with van der Waals surface area (Å²) >= 11 is 0. The number of hydrogen-bond acceptors (Lipinski definition) is 1. The molecule has 1 unspecified atom stereocenters. The summed E-state index contributed by atoms with van der Waals surface area (Å²) in [6.07, 6.45) is 2.94. The van der Waals surface area contributed by atoms with Crippen LogP contribution in [0, 0.1) is 0 Å². The molecule has 1 atom stereocenters. The highest BCUT2D eigenvalue weighted by molar-refractivity contribution is 5.75. The molecule has 1 heteroatoms. The first-order chi connectivity index (χ1) is 6.27. The van der Waals surface area contributed by atoms with Crippen LogP contribution in [0.15, 0.2) is 24.3 Å². The average molecular weight is 174 g/mol. The largest absolute Gasteiger partial charge is 0.300 e. The Morgan fingerprint density at radius 1 is 1.46 bits per heavy atom. The van der Waals surface area contributed by atoms with Crippen molar-refractivity contribution in [2.24, 2.45) is 0 Å². The highest BCUT2D eigenvalue weighted by Crippen LogP contribution is 2.37. The molecular weight excluding hydrogens is 160 g/mol. The molecule has 1 aliphatic carbocycles. The molecule has 1 aromatic rings. The normalized spacial score (nSPS) is 19.0. The third kappa shape index (κ3) is 1.64. The molecule has 0 radical (unpaired) electrons. The zero-order chi connectivity index (χ0) is 9.26. The molecule has 1 aromatic carbocycles. The Hall–Kier alpha value is -1.11. The van der Waals surface area contributed by atoms with Gasteiger partial charge in [-0.2, -0.15) is 0 Å². The number of fused-ring (bicyclic) bond motifs is 1. The summed E-state index contributed by atoms with van der Waals surface area (Å²) in [6, 6.07) is 8.53. The molecule has 2 rings (SSSR count). The van der Waals surface area contributed by atoms with Crippen molar-refractivity contribution in [2.45, 2.75) is 32.1 Å². The third-order valence-electron chi connectivity index (χ3n) is 2.81. The predicted molar refractivity (Wildman–Crippen MR) is 52.8 cm³/mol. The first-order valence-corrected chi connectivity index (χ1v) is 4.84. The van der Waals surface area contributed by atoms with Crippen molar-refractivity contribution in [3.05, 3.63) is 35.4 Å². The van der Waals surface area contributed by atoms with E-state index in [1.165, 1.54) is 17.5 Å². The van der Waals surface area contributed by atoms with Gasteiger partial charge in [-0.25, -0.2) is 0 Å². The van der Waals surface area contributed by atoms with E-state index in [1.807, 2.05) is 0 Å². The van der Waals surface area contributed by atoms with Gasteiger partial charge < -0.3 is 4.79 Å². The Morgan fingerprint density at radius 3 is 2.92 bits per heavy atom. The van der Waals surface area contributed by atoms with Gasteiger partial charge in [0.05, 0.1) is 0 Å². The van der Waals surface area contributed by atoms with E-state index in [9.17, 15) is 4.79 Å². The van der Waals surface area contributed by atoms with Crippen LogP contribution in [0.4, 0.5) is 0 Å². The van der Waals surface area contributed by atoms with Gasteiger partial charge in [0.25, 0.3) is 0 Å². The van der Waals surface area contributed by atoms with Gasteiger partial charge in [0.1, 0.15) is 5.78 Å². The fourth-order valence-corrected chi connectivity index (χ4v) is 2.00. The minimum Gasteiger partial charge on any atom is -0.300 e. The summed E-state index contributed by atoms with van der Waals surface area (Å²) in [4.78, 5) is 10.8. The van der Waals surface area contributed by atoms with E-state index in [0.29, 0.717) is 11.7 Å². The number of carbonyl (C=O) groups is 1. The number of Topliss-reactive ketones (excluding diaryl/α,β-unsaturated/α-hetero) is 1. The summed E-state index contributed by atoms with van der Waals surface area (Å²) in [5.74, 6) is 0.962. The van der Waals surface area contributed by atoms with Crippen LogP contribution in [0.3, 0.4) is 0 Å². The zero-order valence-corrected chi connectivity index (χ0v) is 7.92. The number of rotatable bonds is 3. The molecule has 0 saturated heterocycles. The van der Waals surface area contributed by atoms with Crippen LogP contribution in [0.1, 0.15) is 36.8 Å². The summed E-state index contributed by atoms with van der Waals surface area (Å²) in [7, 11) is 0. The number of benzene rings is 1. The van der Waals surface area contributed by atoms with Crippen molar-refractivity contribution in [1.82, 2.24) is 0 Å². The smallest absolute Gasteiger partial charge is 0.129 e. The lowest BCUT2D eigenvalue weighted by Crippen LogP contribution is -2.17. The molecule has 0 spiro atoms. The second-order valence-electron chi connectivity index (χ2n) is 3.84. The van der Waals surface area contributed by atoms with E-state index in [2.05, 4.69) is 24.3 Å². The molecule has 68 valence electrons. The molecule has 1 nitrogen and oxygen atoms in total. The maximum Gasteiger partial charge on any atom is 0.129 e. The average Bonchev–Trinajstić information content (AvgIpc) is 2.06. The van der Waals surface area contributed by atoms with Gasteiger partial charge >= 0.3 is 0 Å². The predicted octanol–water partition coefficient (Wildman–Crippen LogP) is 2.70. The van der Waals surface area contributed by atoms with Crippen LogP contribution in [-0.4, -0.2) is 5.78 Å².